The van der Waals surface area contributed by atoms with Crippen LogP contribution < -0.4 is 10.2 Å². The smallest absolute Gasteiger partial charge is 0.349 e. The molecule has 2 aromatic carbocycles. The highest BCUT2D eigenvalue weighted by molar-refractivity contribution is 5.82. The van der Waals surface area contributed by atoms with E-state index in [-0.39, 0.29) is 17.8 Å². The summed E-state index contributed by atoms with van der Waals surface area (Å²) >= 11 is 0. The Labute approximate surface area is 156 Å². The summed E-state index contributed by atoms with van der Waals surface area (Å²) < 4.78 is 16.2. The molecule has 0 aliphatic carbocycles. The maximum atomic E-state index is 12.7. The molecule has 3 aromatic rings. The molecule has 0 atom stereocenters. The minimum Gasteiger partial charge on any atom is -0.508 e. The van der Waals surface area contributed by atoms with Crippen LogP contribution in [-0.4, -0.2) is 23.3 Å². The van der Waals surface area contributed by atoms with Crippen LogP contribution >= 0.6 is 0 Å². The molecule has 0 saturated heterocycles. The molecule has 0 saturated carbocycles. The predicted molar refractivity (Wildman–Crippen MR) is 101 cm³/mol. The second-order valence-electron chi connectivity index (χ2n) is 6.52. The molecule has 6 heteroatoms. The van der Waals surface area contributed by atoms with Crippen molar-refractivity contribution in [2.75, 3.05) is 6.61 Å². The van der Waals surface area contributed by atoms with Crippen LogP contribution in [0.1, 0.15) is 20.8 Å². The molecule has 1 heterocycles. The molecule has 27 heavy (non-hydrogen) atoms. The molecule has 0 radical (unpaired) electrons. The molecule has 0 unspecified atom stereocenters. The lowest BCUT2D eigenvalue weighted by atomic mass is 10.1. The number of ether oxygens (including phenoxy) is 2. The van der Waals surface area contributed by atoms with Crippen LogP contribution in [0.5, 0.6) is 11.5 Å². The monoisotopic (exact) mass is 368 g/mol. The Hall–Kier alpha value is -3.28. The third kappa shape index (κ3) is 3.79. The van der Waals surface area contributed by atoms with Crippen molar-refractivity contribution in [1.29, 1.82) is 0 Å². The van der Waals surface area contributed by atoms with Crippen molar-refractivity contribution in [3.8, 4) is 22.6 Å². The maximum absolute atomic E-state index is 12.7. The fourth-order valence-corrected chi connectivity index (χ4v) is 2.66. The third-order valence-corrected chi connectivity index (χ3v) is 4.06. The van der Waals surface area contributed by atoms with Gasteiger partial charge in [0.25, 0.3) is 0 Å². The summed E-state index contributed by atoms with van der Waals surface area (Å²) in [6.07, 6.45) is 1.36. The average molecular weight is 368 g/mol. The summed E-state index contributed by atoms with van der Waals surface area (Å²) in [5.41, 5.74) is 0.0442. The van der Waals surface area contributed by atoms with Crippen LogP contribution in [-0.2, 0) is 9.53 Å². The zero-order valence-corrected chi connectivity index (χ0v) is 15.3. The topological polar surface area (TPSA) is 86.0 Å². The number of hydrogen-bond donors (Lipinski definition) is 1. The highest BCUT2D eigenvalue weighted by Crippen LogP contribution is 2.26. The molecule has 0 aliphatic rings. The Morgan fingerprint density at radius 3 is 2.52 bits per heavy atom. The SMILES string of the molecule is CCOC(=O)C(C)(C)Oc1ccc(-c2coc3cc(O)ccc3c2=O)cc1. The van der Waals surface area contributed by atoms with Crippen LogP contribution in [0, 0.1) is 0 Å². The van der Waals surface area contributed by atoms with Crippen LogP contribution in [0.3, 0.4) is 0 Å². The minimum atomic E-state index is -1.12. The second-order valence-corrected chi connectivity index (χ2v) is 6.52. The van der Waals surface area contributed by atoms with Crippen LogP contribution in [0.25, 0.3) is 22.1 Å². The van der Waals surface area contributed by atoms with Gasteiger partial charge in [-0.2, -0.15) is 0 Å². The molecule has 0 bridgehead atoms. The normalized spacial score (nSPS) is 11.4. The lowest BCUT2D eigenvalue weighted by molar-refractivity contribution is -0.158. The van der Waals surface area contributed by atoms with E-state index in [0.717, 1.165) is 0 Å². The van der Waals surface area contributed by atoms with Gasteiger partial charge in [-0.15, -0.1) is 0 Å². The molecule has 0 amide bonds. The lowest BCUT2D eigenvalue weighted by Gasteiger charge is -2.24. The summed E-state index contributed by atoms with van der Waals surface area (Å²) in [7, 11) is 0. The average Bonchev–Trinajstić information content (AvgIpc) is 2.63. The van der Waals surface area contributed by atoms with Gasteiger partial charge in [0.1, 0.15) is 23.3 Å². The first-order chi connectivity index (χ1) is 12.8. The minimum absolute atomic E-state index is 0.0316. The van der Waals surface area contributed by atoms with E-state index in [0.29, 0.717) is 27.8 Å². The van der Waals surface area contributed by atoms with Gasteiger partial charge in [-0.25, -0.2) is 4.79 Å². The number of phenols is 1. The number of aromatic hydroxyl groups is 1. The van der Waals surface area contributed by atoms with Crippen molar-refractivity contribution in [2.45, 2.75) is 26.4 Å². The van der Waals surface area contributed by atoms with Gasteiger partial charge in [-0.1, -0.05) is 12.1 Å². The van der Waals surface area contributed by atoms with E-state index in [2.05, 4.69) is 0 Å². The van der Waals surface area contributed by atoms with Crippen molar-refractivity contribution < 1.29 is 23.8 Å². The van der Waals surface area contributed by atoms with E-state index in [9.17, 15) is 14.7 Å². The second kappa shape index (κ2) is 7.15. The Balaban J connectivity index is 1.89. The molecule has 3 rings (SSSR count). The molecular formula is C21H20O6. The fraction of sp³-hybridized carbons (Fsp3) is 0.238. The van der Waals surface area contributed by atoms with E-state index in [1.165, 1.54) is 24.5 Å². The van der Waals surface area contributed by atoms with E-state index in [4.69, 9.17) is 13.9 Å². The Bertz CT molecular complexity index is 1030. The van der Waals surface area contributed by atoms with Crippen molar-refractivity contribution in [3.05, 3.63) is 59.0 Å². The summed E-state index contributed by atoms with van der Waals surface area (Å²) in [4.78, 5) is 24.6. The van der Waals surface area contributed by atoms with E-state index >= 15 is 0 Å². The van der Waals surface area contributed by atoms with Crippen LogP contribution in [0.4, 0.5) is 0 Å². The molecular weight excluding hydrogens is 348 g/mol. The summed E-state index contributed by atoms with van der Waals surface area (Å²) in [5, 5.41) is 9.88. The number of carbonyl (C=O) groups is 1. The van der Waals surface area contributed by atoms with E-state index < -0.39 is 11.6 Å². The lowest BCUT2D eigenvalue weighted by Crippen LogP contribution is -2.39. The number of rotatable bonds is 5. The number of phenolic OH excluding ortho intramolecular Hbond substituents is 1. The van der Waals surface area contributed by atoms with Gasteiger partial charge in [0.15, 0.2) is 11.0 Å². The Morgan fingerprint density at radius 2 is 1.85 bits per heavy atom. The van der Waals surface area contributed by atoms with Crippen molar-refractivity contribution in [2.24, 2.45) is 0 Å². The van der Waals surface area contributed by atoms with Crippen molar-refractivity contribution in [1.82, 2.24) is 0 Å². The molecule has 1 aromatic heterocycles. The third-order valence-electron chi connectivity index (χ3n) is 4.06. The van der Waals surface area contributed by atoms with E-state index in [1.807, 2.05) is 0 Å². The molecule has 6 nitrogen and oxygen atoms in total. The quantitative estimate of drug-likeness (QED) is 0.688. The number of hydrogen-bond acceptors (Lipinski definition) is 6. The fourth-order valence-electron chi connectivity index (χ4n) is 2.66. The Morgan fingerprint density at radius 1 is 1.15 bits per heavy atom. The maximum Gasteiger partial charge on any atom is 0.349 e. The predicted octanol–water partition coefficient (Wildman–Crippen LogP) is 3.89. The summed E-state index contributed by atoms with van der Waals surface area (Å²) in [5.74, 6) is 0.0588. The number of carbonyl (C=O) groups excluding carboxylic acids is 1. The number of fused-ring (bicyclic) bond motifs is 1. The standard InChI is InChI=1S/C21H20O6/c1-4-25-20(24)21(2,3)27-15-8-5-13(6-9-15)17-12-26-18-11-14(22)7-10-16(18)19(17)23/h5-12,22H,4H2,1-3H3. The van der Waals surface area contributed by atoms with Gasteiger partial charge in [0.05, 0.1) is 17.6 Å². The van der Waals surface area contributed by atoms with Crippen LogP contribution in [0.2, 0.25) is 0 Å². The van der Waals surface area contributed by atoms with Gasteiger partial charge < -0.3 is 19.0 Å². The van der Waals surface area contributed by atoms with Crippen LogP contribution in [0.15, 0.2) is 57.9 Å². The van der Waals surface area contributed by atoms with Gasteiger partial charge in [-0.3, -0.25) is 4.79 Å². The summed E-state index contributed by atoms with van der Waals surface area (Å²) in [6.45, 7) is 5.28. The van der Waals surface area contributed by atoms with E-state index in [1.54, 1.807) is 45.0 Å². The molecule has 0 aliphatic heterocycles. The first-order valence-corrected chi connectivity index (χ1v) is 8.53. The highest BCUT2D eigenvalue weighted by atomic mass is 16.6. The number of esters is 1. The zero-order chi connectivity index (χ0) is 19.6. The molecule has 1 N–H and O–H groups in total. The van der Waals surface area contributed by atoms with Gasteiger partial charge in [0, 0.05) is 6.07 Å². The summed E-state index contributed by atoms with van der Waals surface area (Å²) in [6, 6.07) is 11.2. The van der Waals surface area contributed by atoms with Crippen molar-refractivity contribution >= 4 is 16.9 Å². The molecule has 0 spiro atoms. The highest BCUT2D eigenvalue weighted by Gasteiger charge is 2.31. The van der Waals surface area contributed by atoms with Gasteiger partial charge in [0.2, 0.25) is 0 Å². The zero-order valence-electron chi connectivity index (χ0n) is 15.3. The number of benzene rings is 2. The molecule has 0 fully saturated rings. The first-order valence-electron chi connectivity index (χ1n) is 8.53. The molecule has 140 valence electrons. The largest absolute Gasteiger partial charge is 0.508 e. The first kappa shape index (κ1) is 18.5. The van der Waals surface area contributed by atoms with Gasteiger partial charge in [-0.05, 0) is 50.6 Å². The van der Waals surface area contributed by atoms with Gasteiger partial charge >= 0.3 is 5.97 Å². The Kier molecular flexibility index (Phi) is 4.90. The van der Waals surface area contributed by atoms with Crippen molar-refractivity contribution in [3.63, 3.8) is 0 Å².